The molecule has 4 aliphatic carbocycles. The molecule has 0 saturated heterocycles. The molecule has 5 rings (SSSR count). The van der Waals surface area contributed by atoms with Crippen LogP contribution in [0.2, 0.25) is 0 Å². The van der Waals surface area contributed by atoms with Crippen molar-refractivity contribution in [3.8, 4) is 5.75 Å². The molecule has 102 valence electrons. The highest BCUT2D eigenvalue weighted by Crippen LogP contribution is 2.62. The van der Waals surface area contributed by atoms with E-state index in [4.69, 9.17) is 0 Å². The summed E-state index contributed by atoms with van der Waals surface area (Å²) < 4.78 is 0. The molecule has 0 spiro atoms. The topological polar surface area (TPSA) is 20.2 Å². The first-order valence-electron chi connectivity index (χ1n) is 7.86. The number of aromatic hydroxyl groups is 1. The lowest BCUT2D eigenvalue weighted by Gasteiger charge is -2.57. The van der Waals surface area contributed by atoms with Crippen LogP contribution in [-0.2, 0) is 5.41 Å². The van der Waals surface area contributed by atoms with Gasteiger partial charge >= 0.3 is 0 Å². The third kappa shape index (κ3) is 1.67. The van der Waals surface area contributed by atoms with Gasteiger partial charge in [0.2, 0.25) is 0 Å². The van der Waals surface area contributed by atoms with E-state index in [9.17, 15) is 5.11 Å². The highest BCUT2D eigenvalue weighted by molar-refractivity contribution is 5.48. The third-order valence-corrected chi connectivity index (χ3v) is 6.05. The predicted octanol–water partition coefficient (Wildman–Crippen LogP) is 4.48. The number of aryl methyl sites for hydroxylation is 2. The molecule has 4 bridgehead atoms. The summed E-state index contributed by atoms with van der Waals surface area (Å²) >= 11 is 0. The van der Waals surface area contributed by atoms with Gasteiger partial charge in [-0.15, -0.1) is 0 Å². The Labute approximate surface area is 116 Å². The lowest BCUT2D eigenvalue weighted by Crippen LogP contribution is -2.48. The van der Waals surface area contributed by atoms with Crippen LogP contribution < -0.4 is 0 Å². The Balaban J connectivity index is 1.84. The zero-order valence-electron chi connectivity index (χ0n) is 12.1. The van der Waals surface area contributed by atoms with Gasteiger partial charge in [0.05, 0.1) is 0 Å². The summed E-state index contributed by atoms with van der Waals surface area (Å²) in [6.45, 7) is 4.21. The first-order chi connectivity index (χ1) is 9.06. The molecule has 19 heavy (non-hydrogen) atoms. The second-order valence-corrected chi connectivity index (χ2v) is 7.68. The van der Waals surface area contributed by atoms with Crippen LogP contribution in [0.3, 0.4) is 0 Å². The van der Waals surface area contributed by atoms with Gasteiger partial charge in [-0.2, -0.15) is 0 Å². The average molecular weight is 256 g/mol. The van der Waals surface area contributed by atoms with Crippen molar-refractivity contribution >= 4 is 0 Å². The molecule has 0 amide bonds. The Hall–Kier alpha value is -0.980. The van der Waals surface area contributed by atoms with Gasteiger partial charge in [0.1, 0.15) is 5.75 Å². The fourth-order valence-corrected chi connectivity index (χ4v) is 5.80. The van der Waals surface area contributed by atoms with Gasteiger partial charge in [0.25, 0.3) is 0 Å². The minimum absolute atomic E-state index is 0.315. The standard InChI is InChI=1S/C18H24O/c1-11-3-12(2)17(19)16(4-11)18-8-13-5-14(9-18)7-15(6-13)10-18/h3-4,13-15,19H,5-10H2,1-2H3. The SMILES string of the molecule is Cc1cc(C)c(O)c(C23CC4CC(CC(C4)C2)C3)c1. The smallest absolute Gasteiger partial charge is 0.122 e. The van der Waals surface area contributed by atoms with Gasteiger partial charge < -0.3 is 5.11 Å². The van der Waals surface area contributed by atoms with Crippen molar-refractivity contribution in [1.29, 1.82) is 0 Å². The van der Waals surface area contributed by atoms with Gasteiger partial charge in [0, 0.05) is 5.56 Å². The minimum Gasteiger partial charge on any atom is -0.507 e. The Morgan fingerprint density at radius 1 is 0.947 bits per heavy atom. The Morgan fingerprint density at radius 3 is 2.00 bits per heavy atom. The summed E-state index contributed by atoms with van der Waals surface area (Å²) in [5.74, 6) is 3.40. The number of phenols is 1. The molecule has 0 heterocycles. The number of hydrogen-bond acceptors (Lipinski definition) is 1. The maximum Gasteiger partial charge on any atom is 0.122 e. The maximum atomic E-state index is 10.6. The molecule has 0 unspecified atom stereocenters. The lowest BCUT2D eigenvalue weighted by atomic mass is 9.48. The van der Waals surface area contributed by atoms with Crippen LogP contribution in [0.15, 0.2) is 12.1 Å². The van der Waals surface area contributed by atoms with Crippen LogP contribution in [0.4, 0.5) is 0 Å². The van der Waals surface area contributed by atoms with E-state index in [0.717, 1.165) is 23.3 Å². The predicted molar refractivity (Wildman–Crippen MR) is 77.4 cm³/mol. The molecule has 0 aromatic heterocycles. The van der Waals surface area contributed by atoms with Crippen molar-refractivity contribution in [2.45, 2.75) is 57.8 Å². The molecule has 1 aromatic rings. The van der Waals surface area contributed by atoms with Crippen LogP contribution >= 0.6 is 0 Å². The van der Waals surface area contributed by atoms with Crippen molar-refractivity contribution in [3.63, 3.8) is 0 Å². The van der Waals surface area contributed by atoms with Gasteiger partial charge in [0.15, 0.2) is 0 Å². The van der Waals surface area contributed by atoms with E-state index >= 15 is 0 Å². The lowest BCUT2D eigenvalue weighted by molar-refractivity contribution is -0.00619. The molecule has 4 aliphatic rings. The molecular formula is C18H24O. The molecule has 4 fully saturated rings. The normalized spacial score (nSPS) is 39.8. The fourth-order valence-electron chi connectivity index (χ4n) is 5.80. The number of benzene rings is 1. The Kier molecular flexibility index (Phi) is 2.35. The van der Waals surface area contributed by atoms with E-state index < -0.39 is 0 Å². The molecule has 0 radical (unpaired) electrons. The van der Waals surface area contributed by atoms with Gasteiger partial charge in [-0.05, 0) is 81.1 Å². The molecule has 4 saturated carbocycles. The van der Waals surface area contributed by atoms with Crippen molar-refractivity contribution in [1.82, 2.24) is 0 Å². The van der Waals surface area contributed by atoms with Crippen LogP contribution in [0.5, 0.6) is 5.75 Å². The van der Waals surface area contributed by atoms with E-state index in [1.807, 2.05) is 6.92 Å². The Morgan fingerprint density at radius 2 is 1.47 bits per heavy atom. The van der Waals surface area contributed by atoms with E-state index in [0.29, 0.717) is 11.2 Å². The van der Waals surface area contributed by atoms with Gasteiger partial charge in [-0.3, -0.25) is 0 Å². The summed E-state index contributed by atoms with van der Waals surface area (Å²) in [6.07, 6.45) is 8.38. The fraction of sp³-hybridized carbons (Fsp3) is 0.667. The van der Waals surface area contributed by atoms with Crippen molar-refractivity contribution in [3.05, 3.63) is 28.8 Å². The maximum absolute atomic E-state index is 10.6. The van der Waals surface area contributed by atoms with Gasteiger partial charge in [-0.25, -0.2) is 0 Å². The molecular weight excluding hydrogens is 232 g/mol. The Bertz CT molecular complexity index is 493. The molecule has 0 aliphatic heterocycles. The van der Waals surface area contributed by atoms with E-state index in [2.05, 4.69) is 19.1 Å². The second-order valence-electron chi connectivity index (χ2n) is 7.68. The molecule has 1 aromatic carbocycles. The number of rotatable bonds is 1. The quantitative estimate of drug-likeness (QED) is 0.785. The summed E-state index contributed by atoms with van der Waals surface area (Å²) in [4.78, 5) is 0. The van der Waals surface area contributed by atoms with Crippen LogP contribution in [0, 0.1) is 31.6 Å². The monoisotopic (exact) mass is 256 g/mol. The zero-order valence-corrected chi connectivity index (χ0v) is 12.1. The zero-order chi connectivity index (χ0) is 13.2. The molecule has 1 N–H and O–H groups in total. The third-order valence-electron chi connectivity index (χ3n) is 6.05. The highest BCUT2D eigenvalue weighted by atomic mass is 16.3. The molecule has 1 nitrogen and oxygen atoms in total. The van der Waals surface area contributed by atoms with E-state index in [1.54, 1.807) is 0 Å². The van der Waals surface area contributed by atoms with Crippen LogP contribution in [0.25, 0.3) is 0 Å². The summed E-state index contributed by atoms with van der Waals surface area (Å²) in [5, 5.41) is 10.6. The van der Waals surface area contributed by atoms with Crippen LogP contribution in [-0.4, -0.2) is 5.11 Å². The first-order valence-corrected chi connectivity index (χ1v) is 7.86. The average Bonchev–Trinajstić information content (AvgIpc) is 2.32. The van der Waals surface area contributed by atoms with Crippen molar-refractivity contribution < 1.29 is 5.11 Å². The highest BCUT2D eigenvalue weighted by Gasteiger charge is 2.52. The minimum atomic E-state index is 0.315. The van der Waals surface area contributed by atoms with Gasteiger partial charge in [-0.1, -0.05) is 17.7 Å². The number of hydrogen-bond donors (Lipinski definition) is 1. The largest absolute Gasteiger partial charge is 0.507 e. The summed E-state index contributed by atoms with van der Waals surface area (Å²) in [5.41, 5.74) is 3.96. The van der Waals surface area contributed by atoms with Crippen molar-refractivity contribution in [2.24, 2.45) is 17.8 Å². The number of phenolic OH excluding ortho intramolecular Hbond substituents is 1. The summed E-state index contributed by atoms with van der Waals surface area (Å²) in [7, 11) is 0. The summed E-state index contributed by atoms with van der Waals surface area (Å²) in [6, 6.07) is 4.38. The first kappa shape index (κ1) is 11.8. The molecule has 1 heteroatoms. The van der Waals surface area contributed by atoms with E-state index in [1.165, 1.54) is 49.7 Å². The van der Waals surface area contributed by atoms with Crippen LogP contribution in [0.1, 0.15) is 55.2 Å². The second kappa shape index (κ2) is 3.77. The van der Waals surface area contributed by atoms with E-state index in [-0.39, 0.29) is 0 Å². The van der Waals surface area contributed by atoms with Crippen molar-refractivity contribution in [2.75, 3.05) is 0 Å². The molecule has 0 atom stereocenters.